The quantitative estimate of drug-likeness (QED) is 0.779. The molecule has 0 spiro atoms. The summed E-state index contributed by atoms with van der Waals surface area (Å²) in [6.07, 6.45) is 0. The van der Waals surface area contributed by atoms with Crippen molar-refractivity contribution in [2.75, 3.05) is 19.0 Å². The largest absolute Gasteiger partial charge is 0.465 e. The Hall–Kier alpha value is -1.62. The number of carbonyl (C=O) groups excluding carboxylic acids is 1. The maximum atomic E-state index is 11.4. The molecule has 0 radical (unpaired) electrons. The lowest BCUT2D eigenvalue weighted by atomic mass is 10.1. The second-order valence-electron chi connectivity index (χ2n) is 4.50. The van der Waals surface area contributed by atoms with E-state index in [4.69, 9.17) is 0 Å². The van der Waals surface area contributed by atoms with Crippen LogP contribution in [0.2, 0.25) is 0 Å². The Morgan fingerprint density at radius 1 is 1.50 bits per heavy atom. The molecule has 0 aliphatic rings. The van der Waals surface area contributed by atoms with Gasteiger partial charge in [0.25, 0.3) is 0 Å². The topological polar surface area (TPSA) is 71.5 Å². The Bertz CT molecular complexity index is 419. The first-order chi connectivity index (χ1) is 8.49. The molecule has 5 heteroatoms. The maximum absolute atomic E-state index is 11.4. The molecule has 0 saturated carbocycles. The van der Waals surface area contributed by atoms with Crippen LogP contribution in [0.3, 0.4) is 0 Å². The molecule has 0 aliphatic carbocycles. The van der Waals surface area contributed by atoms with E-state index in [0.29, 0.717) is 17.1 Å². The van der Waals surface area contributed by atoms with Gasteiger partial charge in [-0.25, -0.2) is 9.78 Å². The number of hydrogen-bond acceptors (Lipinski definition) is 5. The minimum Gasteiger partial charge on any atom is -0.465 e. The average molecular weight is 252 g/mol. The SMILES string of the molecule is COC(=O)c1ccc(N[C@H](CO)C(C)C)nc1C. The first-order valence-electron chi connectivity index (χ1n) is 5.93. The summed E-state index contributed by atoms with van der Waals surface area (Å²) in [6, 6.07) is 3.33. The van der Waals surface area contributed by atoms with Crippen molar-refractivity contribution in [1.82, 2.24) is 4.98 Å². The average Bonchev–Trinajstić information content (AvgIpc) is 2.34. The minimum absolute atomic E-state index is 0.0388. The molecule has 1 aromatic rings. The van der Waals surface area contributed by atoms with Crippen LogP contribution < -0.4 is 5.32 Å². The van der Waals surface area contributed by atoms with Gasteiger partial charge in [-0.3, -0.25) is 0 Å². The number of carbonyl (C=O) groups is 1. The molecule has 0 saturated heterocycles. The van der Waals surface area contributed by atoms with E-state index in [2.05, 4.69) is 15.0 Å². The summed E-state index contributed by atoms with van der Waals surface area (Å²) in [5.41, 5.74) is 1.06. The third-order valence-electron chi connectivity index (χ3n) is 2.83. The summed E-state index contributed by atoms with van der Waals surface area (Å²) in [5.74, 6) is 0.541. The third-order valence-corrected chi connectivity index (χ3v) is 2.83. The van der Waals surface area contributed by atoms with Crippen LogP contribution in [0.25, 0.3) is 0 Å². The molecule has 1 heterocycles. The number of aliphatic hydroxyl groups excluding tert-OH is 1. The van der Waals surface area contributed by atoms with Gasteiger partial charge in [0.05, 0.1) is 31.0 Å². The monoisotopic (exact) mass is 252 g/mol. The lowest BCUT2D eigenvalue weighted by Gasteiger charge is -2.20. The summed E-state index contributed by atoms with van der Waals surface area (Å²) < 4.78 is 4.66. The van der Waals surface area contributed by atoms with Gasteiger partial charge >= 0.3 is 5.97 Å². The molecule has 18 heavy (non-hydrogen) atoms. The fraction of sp³-hybridized carbons (Fsp3) is 0.538. The number of aromatic nitrogens is 1. The first kappa shape index (κ1) is 14.4. The van der Waals surface area contributed by atoms with Crippen LogP contribution in [0, 0.1) is 12.8 Å². The van der Waals surface area contributed by atoms with Gasteiger partial charge in [0.1, 0.15) is 5.82 Å². The zero-order valence-corrected chi connectivity index (χ0v) is 11.2. The van der Waals surface area contributed by atoms with Crippen LogP contribution in [0.4, 0.5) is 5.82 Å². The highest BCUT2D eigenvalue weighted by molar-refractivity contribution is 5.90. The fourth-order valence-electron chi connectivity index (χ4n) is 1.58. The van der Waals surface area contributed by atoms with E-state index < -0.39 is 5.97 Å². The van der Waals surface area contributed by atoms with Crippen LogP contribution >= 0.6 is 0 Å². The number of aryl methyl sites for hydroxylation is 1. The van der Waals surface area contributed by atoms with Gasteiger partial charge < -0.3 is 15.2 Å². The molecule has 0 unspecified atom stereocenters. The fourth-order valence-corrected chi connectivity index (χ4v) is 1.58. The van der Waals surface area contributed by atoms with Crippen LogP contribution in [0.5, 0.6) is 0 Å². The second-order valence-corrected chi connectivity index (χ2v) is 4.50. The van der Waals surface area contributed by atoms with Crippen LogP contribution in [0.15, 0.2) is 12.1 Å². The lowest BCUT2D eigenvalue weighted by molar-refractivity contribution is 0.0599. The Labute approximate surface area is 107 Å². The van der Waals surface area contributed by atoms with Crippen LogP contribution in [-0.2, 0) is 4.74 Å². The van der Waals surface area contributed by atoms with Crippen LogP contribution in [0.1, 0.15) is 29.9 Å². The van der Waals surface area contributed by atoms with Crippen molar-refractivity contribution in [3.05, 3.63) is 23.4 Å². The summed E-state index contributed by atoms with van der Waals surface area (Å²) in [5, 5.41) is 12.4. The molecular weight excluding hydrogens is 232 g/mol. The summed E-state index contributed by atoms with van der Waals surface area (Å²) in [4.78, 5) is 15.7. The van der Waals surface area contributed by atoms with Gasteiger partial charge in [-0.05, 0) is 25.0 Å². The zero-order valence-electron chi connectivity index (χ0n) is 11.2. The molecule has 0 aromatic carbocycles. The Balaban J connectivity index is 2.87. The maximum Gasteiger partial charge on any atom is 0.339 e. The predicted molar refractivity (Wildman–Crippen MR) is 69.6 cm³/mol. The summed E-state index contributed by atoms with van der Waals surface area (Å²) in [6.45, 7) is 5.82. The van der Waals surface area contributed by atoms with Gasteiger partial charge in [0.15, 0.2) is 0 Å². The highest BCUT2D eigenvalue weighted by atomic mass is 16.5. The van der Waals surface area contributed by atoms with Crippen LogP contribution in [-0.4, -0.2) is 35.8 Å². The molecule has 2 N–H and O–H groups in total. The van der Waals surface area contributed by atoms with E-state index >= 15 is 0 Å². The highest BCUT2D eigenvalue weighted by Gasteiger charge is 2.14. The van der Waals surface area contributed by atoms with E-state index in [0.717, 1.165) is 0 Å². The van der Waals surface area contributed by atoms with Crippen molar-refractivity contribution in [2.24, 2.45) is 5.92 Å². The number of methoxy groups -OCH3 is 1. The number of hydrogen-bond donors (Lipinski definition) is 2. The second kappa shape index (κ2) is 6.35. The van der Waals surface area contributed by atoms with E-state index in [1.165, 1.54) is 7.11 Å². The number of aliphatic hydroxyl groups is 1. The standard InChI is InChI=1S/C13H20N2O3/c1-8(2)11(7-16)15-12-6-5-10(9(3)14-12)13(17)18-4/h5-6,8,11,16H,7H2,1-4H3,(H,14,15)/t11-/m1/s1. The Kier molecular flexibility index (Phi) is 5.09. The Morgan fingerprint density at radius 3 is 2.61 bits per heavy atom. The van der Waals surface area contributed by atoms with E-state index in [9.17, 15) is 9.90 Å². The van der Waals surface area contributed by atoms with E-state index in [1.54, 1.807) is 19.1 Å². The number of rotatable bonds is 5. The number of pyridine rings is 1. The first-order valence-corrected chi connectivity index (χ1v) is 5.93. The normalized spacial score (nSPS) is 12.3. The number of nitrogens with one attached hydrogen (secondary N) is 1. The molecule has 100 valence electrons. The number of nitrogens with zero attached hydrogens (tertiary/aromatic N) is 1. The van der Waals surface area contributed by atoms with Crippen molar-refractivity contribution >= 4 is 11.8 Å². The number of ether oxygens (including phenoxy) is 1. The van der Waals surface area contributed by atoms with Crippen molar-refractivity contribution in [2.45, 2.75) is 26.8 Å². The molecular formula is C13H20N2O3. The van der Waals surface area contributed by atoms with Crippen molar-refractivity contribution < 1.29 is 14.6 Å². The number of anilines is 1. The molecule has 1 aromatic heterocycles. The van der Waals surface area contributed by atoms with Gasteiger partial charge in [-0.15, -0.1) is 0 Å². The van der Waals surface area contributed by atoms with Gasteiger partial charge in [-0.1, -0.05) is 13.8 Å². The molecule has 0 fully saturated rings. The van der Waals surface area contributed by atoms with Crippen molar-refractivity contribution in [3.63, 3.8) is 0 Å². The van der Waals surface area contributed by atoms with Crippen molar-refractivity contribution in [3.8, 4) is 0 Å². The molecule has 1 rings (SSSR count). The molecule has 0 amide bonds. The van der Waals surface area contributed by atoms with Gasteiger partial charge in [0.2, 0.25) is 0 Å². The molecule has 1 atom stereocenters. The number of esters is 1. The molecule has 5 nitrogen and oxygen atoms in total. The zero-order chi connectivity index (χ0) is 13.7. The molecule has 0 aliphatic heterocycles. The third kappa shape index (κ3) is 3.43. The smallest absolute Gasteiger partial charge is 0.339 e. The van der Waals surface area contributed by atoms with E-state index in [-0.39, 0.29) is 18.6 Å². The lowest BCUT2D eigenvalue weighted by Crippen LogP contribution is -2.30. The summed E-state index contributed by atoms with van der Waals surface area (Å²) in [7, 11) is 1.34. The predicted octanol–water partition coefficient (Wildman–Crippen LogP) is 1.61. The molecule has 0 bridgehead atoms. The Morgan fingerprint density at radius 2 is 2.17 bits per heavy atom. The highest BCUT2D eigenvalue weighted by Crippen LogP contribution is 2.14. The van der Waals surface area contributed by atoms with Crippen molar-refractivity contribution in [1.29, 1.82) is 0 Å². The van der Waals surface area contributed by atoms with Gasteiger partial charge in [0, 0.05) is 0 Å². The van der Waals surface area contributed by atoms with Gasteiger partial charge in [-0.2, -0.15) is 0 Å². The minimum atomic E-state index is -0.394. The van der Waals surface area contributed by atoms with E-state index in [1.807, 2.05) is 13.8 Å². The summed E-state index contributed by atoms with van der Waals surface area (Å²) >= 11 is 0.